The molecular weight excluding hydrogens is 324 g/mol. The van der Waals surface area contributed by atoms with Crippen LogP contribution in [0.1, 0.15) is 25.8 Å². The third-order valence-electron chi connectivity index (χ3n) is 5.01. The highest BCUT2D eigenvalue weighted by Crippen LogP contribution is 2.19. The molecule has 1 atom stereocenters. The molecule has 0 aromatic heterocycles. The Morgan fingerprint density at radius 3 is 2.65 bits per heavy atom. The molecule has 1 aromatic rings. The molecule has 2 heterocycles. The number of rotatable bonds is 7. The molecule has 2 aliphatic rings. The first-order valence-corrected chi connectivity index (χ1v) is 9.90. The Balaban J connectivity index is 1.57. The van der Waals surface area contributed by atoms with Crippen LogP contribution < -0.4 is 10.2 Å². The molecule has 1 N–H and O–H groups in total. The summed E-state index contributed by atoms with van der Waals surface area (Å²) in [5.41, 5.74) is 2.54. The number of hydrogen-bond acceptors (Lipinski definition) is 3. The molecule has 0 spiro atoms. The molecule has 0 radical (unpaired) electrons. The highest BCUT2D eigenvalue weighted by atomic mass is 16.5. The van der Waals surface area contributed by atoms with Crippen molar-refractivity contribution in [1.82, 2.24) is 10.2 Å². The van der Waals surface area contributed by atoms with Crippen LogP contribution in [-0.2, 0) is 11.3 Å². The van der Waals surface area contributed by atoms with E-state index in [9.17, 15) is 0 Å². The standard InChI is InChI=1S/C21H32N4O/c1-3-22-21(25-14-11-19(16-25)17-26-4-2)23-15-18-7-9-20(10-8-18)24-12-5-6-13-24/h5-10,19H,3-4,11-17H2,1-2H3,(H,22,23). The Morgan fingerprint density at radius 2 is 1.96 bits per heavy atom. The summed E-state index contributed by atoms with van der Waals surface area (Å²) in [6.07, 6.45) is 5.62. The zero-order valence-corrected chi connectivity index (χ0v) is 16.2. The van der Waals surface area contributed by atoms with E-state index in [1.165, 1.54) is 17.7 Å². The van der Waals surface area contributed by atoms with Gasteiger partial charge >= 0.3 is 0 Å². The molecule has 1 fully saturated rings. The monoisotopic (exact) mass is 356 g/mol. The highest BCUT2D eigenvalue weighted by Gasteiger charge is 2.24. The quantitative estimate of drug-likeness (QED) is 0.463. The average molecular weight is 357 g/mol. The van der Waals surface area contributed by atoms with Crippen molar-refractivity contribution >= 4 is 11.6 Å². The minimum atomic E-state index is 0.618. The van der Waals surface area contributed by atoms with E-state index in [2.05, 4.69) is 65.4 Å². The average Bonchev–Trinajstić information content (AvgIpc) is 3.36. The molecule has 0 aliphatic carbocycles. The number of nitrogens with zero attached hydrogens (tertiary/aromatic N) is 3. The molecular formula is C21H32N4O. The van der Waals surface area contributed by atoms with Crippen molar-refractivity contribution in [3.8, 4) is 0 Å². The van der Waals surface area contributed by atoms with Gasteiger partial charge in [0.25, 0.3) is 0 Å². The van der Waals surface area contributed by atoms with Crippen LogP contribution in [0, 0.1) is 5.92 Å². The summed E-state index contributed by atoms with van der Waals surface area (Å²) in [5.74, 6) is 1.64. The fraction of sp³-hybridized carbons (Fsp3) is 0.571. The normalized spacial score (nSPS) is 20.2. The summed E-state index contributed by atoms with van der Waals surface area (Å²) < 4.78 is 5.59. The van der Waals surface area contributed by atoms with E-state index >= 15 is 0 Å². The SMILES string of the molecule is CCNC(=NCc1ccc(N2CC=CC2)cc1)N1CCC(COCC)C1. The van der Waals surface area contributed by atoms with Crippen LogP contribution in [0.3, 0.4) is 0 Å². The van der Waals surface area contributed by atoms with Gasteiger partial charge in [-0.25, -0.2) is 4.99 Å². The van der Waals surface area contributed by atoms with Crippen molar-refractivity contribution in [2.45, 2.75) is 26.8 Å². The number of aliphatic imine (C=N–C) groups is 1. The van der Waals surface area contributed by atoms with Gasteiger partial charge in [-0.3, -0.25) is 0 Å². The smallest absolute Gasteiger partial charge is 0.194 e. The number of nitrogens with one attached hydrogen (secondary N) is 1. The van der Waals surface area contributed by atoms with Crippen LogP contribution in [-0.4, -0.2) is 56.8 Å². The topological polar surface area (TPSA) is 40.1 Å². The molecule has 3 rings (SSSR count). The van der Waals surface area contributed by atoms with Crippen LogP contribution in [0.4, 0.5) is 5.69 Å². The molecule has 0 amide bonds. The fourth-order valence-corrected chi connectivity index (χ4v) is 3.54. The number of likely N-dealkylation sites (tertiary alicyclic amines) is 1. The van der Waals surface area contributed by atoms with Crippen molar-refractivity contribution in [1.29, 1.82) is 0 Å². The van der Waals surface area contributed by atoms with Crippen LogP contribution in [0.15, 0.2) is 41.4 Å². The maximum absolute atomic E-state index is 5.59. The fourth-order valence-electron chi connectivity index (χ4n) is 3.54. The lowest BCUT2D eigenvalue weighted by molar-refractivity contribution is 0.114. The van der Waals surface area contributed by atoms with Crippen molar-refractivity contribution in [2.75, 3.05) is 50.8 Å². The van der Waals surface area contributed by atoms with Gasteiger partial charge in [-0.05, 0) is 38.0 Å². The zero-order chi connectivity index (χ0) is 18.2. The third-order valence-corrected chi connectivity index (χ3v) is 5.01. The molecule has 26 heavy (non-hydrogen) atoms. The van der Waals surface area contributed by atoms with Crippen LogP contribution in [0.25, 0.3) is 0 Å². The van der Waals surface area contributed by atoms with Gasteiger partial charge in [0.2, 0.25) is 0 Å². The summed E-state index contributed by atoms with van der Waals surface area (Å²) in [5, 5.41) is 3.45. The van der Waals surface area contributed by atoms with E-state index in [1.807, 2.05) is 0 Å². The number of guanidine groups is 1. The van der Waals surface area contributed by atoms with Gasteiger partial charge in [0.1, 0.15) is 0 Å². The number of ether oxygens (including phenoxy) is 1. The van der Waals surface area contributed by atoms with Crippen LogP contribution in [0.5, 0.6) is 0 Å². The van der Waals surface area contributed by atoms with E-state index < -0.39 is 0 Å². The van der Waals surface area contributed by atoms with Crippen molar-refractivity contribution in [3.05, 3.63) is 42.0 Å². The molecule has 1 unspecified atom stereocenters. The van der Waals surface area contributed by atoms with Gasteiger partial charge in [-0.1, -0.05) is 24.3 Å². The Morgan fingerprint density at radius 1 is 1.19 bits per heavy atom. The van der Waals surface area contributed by atoms with Gasteiger partial charge in [-0.2, -0.15) is 0 Å². The highest BCUT2D eigenvalue weighted by molar-refractivity contribution is 5.80. The second-order valence-corrected chi connectivity index (χ2v) is 6.97. The Bertz CT molecular complexity index is 603. The first kappa shape index (κ1) is 18.8. The number of anilines is 1. The van der Waals surface area contributed by atoms with Gasteiger partial charge in [-0.15, -0.1) is 0 Å². The van der Waals surface area contributed by atoms with Crippen molar-refractivity contribution < 1.29 is 4.74 Å². The maximum Gasteiger partial charge on any atom is 0.194 e. The van der Waals surface area contributed by atoms with E-state index in [0.717, 1.165) is 51.9 Å². The summed E-state index contributed by atoms with van der Waals surface area (Å²) in [4.78, 5) is 9.61. The number of hydrogen-bond donors (Lipinski definition) is 1. The third kappa shape index (κ3) is 5.01. The molecule has 142 valence electrons. The Labute approximate surface area is 157 Å². The largest absolute Gasteiger partial charge is 0.381 e. The van der Waals surface area contributed by atoms with Crippen LogP contribution >= 0.6 is 0 Å². The van der Waals surface area contributed by atoms with E-state index in [4.69, 9.17) is 9.73 Å². The second-order valence-electron chi connectivity index (χ2n) is 6.97. The van der Waals surface area contributed by atoms with Crippen LogP contribution in [0.2, 0.25) is 0 Å². The van der Waals surface area contributed by atoms with Gasteiger partial charge in [0.15, 0.2) is 5.96 Å². The van der Waals surface area contributed by atoms with Crippen molar-refractivity contribution in [2.24, 2.45) is 10.9 Å². The summed E-state index contributed by atoms with van der Waals surface area (Å²) in [6, 6.07) is 8.81. The molecule has 0 saturated carbocycles. The van der Waals surface area contributed by atoms with E-state index in [-0.39, 0.29) is 0 Å². The molecule has 2 aliphatic heterocycles. The Kier molecular flexibility index (Phi) is 6.95. The second kappa shape index (κ2) is 9.62. The van der Waals surface area contributed by atoms with E-state index in [1.54, 1.807) is 0 Å². The summed E-state index contributed by atoms with van der Waals surface area (Å²) in [7, 11) is 0. The number of benzene rings is 1. The lowest BCUT2D eigenvalue weighted by Gasteiger charge is -2.22. The molecule has 5 nitrogen and oxygen atoms in total. The van der Waals surface area contributed by atoms with Crippen molar-refractivity contribution in [3.63, 3.8) is 0 Å². The van der Waals surface area contributed by atoms with Gasteiger partial charge in [0.05, 0.1) is 13.2 Å². The predicted octanol–water partition coefficient (Wildman–Crippen LogP) is 2.89. The molecule has 1 aromatic carbocycles. The lowest BCUT2D eigenvalue weighted by atomic mass is 10.1. The Hall–Kier alpha value is -2.01. The first-order chi connectivity index (χ1) is 12.8. The van der Waals surface area contributed by atoms with E-state index in [0.29, 0.717) is 12.5 Å². The minimum Gasteiger partial charge on any atom is -0.381 e. The maximum atomic E-state index is 5.59. The molecule has 0 bridgehead atoms. The zero-order valence-electron chi connectivity index (χ0n) is 16.2. The minimum absolute atomic E-state index is 0.618. The molecule has 1 saturated heterocycles. The summed E-state index contributed by atoms with van der Waals surface area (Å²) >= 11 is 0. The van der Waals surface area contributed by atoms with Gasteiger partial charge in [0, 0.05) is 50.9 Å². The van der Waals surface area contributed by atoms with Gasteiger partial charge < -0.3 is 19.9 Å². The molecule has 5 heteroatoms. The lowest BCUT2D eigenvalue weighted by Crippen LogP contribution is -2.40. The first-order valence-electron chi connectivity index (χ1n) is 9.90. The summed E-state index contributed by atoms with van der Waals surface area (Å²) in [6.45, 7) is 11.6. The predicted molar refractivity (Wildman–Crippen MR) is 109 cm³/mol.